The number of fused-ring (bicyclic) bond motifs is 1. The summed E-state index contributed by atoms with van der Waals surface area (Å²) in [6, 6.07) is 9.01. The summed E-state index contributed by atoms with van der Waals surface area (Å²) in [4.78, 5) is 67.9. The summed E-state index contributed by atoms with van der Waals surface area (Å²) in [6.07, 6.45) is 2.58. The molecule has 0 radical (unpaired) electrons. The molecular formula is C30H36N6O7. The maximum absolute atomic E-state index is 13.6. The van der Waals surface area contributed by atoms with Crippen LogP contribution in [0.4, 0.5) is 0 Å². The Morgan fingerprint density at radius 2 is 1.72 bits per heavy atom. The number of nitrogens with one attached hydrogen (secondary N) is 3. The number of carboxylic acid groups (broad SMARTS) is 1. The molecule has 228 valence electrons. The highest BCUT2D eigenvalue weighted by molar-refractivity contribution is 5.95. The lowest BCUT2D eigenvalue weighted by molar-refractivity contribution is -0.143. The molecule has 4 atom stereocenters. The lowest BCUT2D eigenvalue weighted by atomic mass is 10.0. The molecular weight excluding hydrogens is 556 g/mol. The normalized spacial score (nSPS) is 16.8. The summed E-state index contributed by atoms with van der Waals surface area (Å²) in [5.74, 6) is -3.60. The van der Waals surface area contributed by atoms with Crippen LogP contribution in [0.1, 0.15) is 36.8 Å². The number of aromatic amines is 1. The number of rotatable bonds is 13. The number of hydrogen-bond donors (Lipinski definition) is 7. The topological polar surface area (TPSA) is 221 Å². The first-order valence-corrected chi connectivity index (χ1v) is 14.0. The lowest BCUT2D eigenvalue weighted by Gasteiger charge is -2.28. The van der Waals surface area contributed by atoms with Gasteiger partial charge in [0.05, 0.1) is 6.04 Å². The van der Waals surface area contributed by atoms with Gasteiger partial charge in [-0.15, -0.1) is 0 Å². The second kappa shape index (κ2) is 13.8. The van der Waals surface area contributed by atoms with Crippen molar-refractivity contribution >= 4 is 40.5 Å². The molecule has 13 heteroatoms. The fourth-order valence-electron chi connectivity index (χ4n) is 5.28. The van der Waals surface area contributed by atoms with Gasteiger partial charge in [-0.2, -0.15) is 0 Å². The molecule has 0 aliphatic carbocycles. The van der Waals surface area contributed by atoms with Gasteiger partial charge in [0, 0.05) is 42.9 Å². The number of para-hydroxylation sites is 1. The van der Waals surface area contributed by atoms with E-state index in [1.807, 2.05) is 24.3 Å². The summed E-state index contributed by atoms with van der Waals surface area (Å²) < 4.78 is 0. The molecule has 1 aliphatic heterocycles. The van der Waals surface area contributed by atoms with Crippen LogP contribution in [0, 0.1) is 0 Å². The highest BCUT2D eigenvalue weighted by Gasteiger charge is 2.38. The zero-order valence-electron chi connectivity index (χ0n) is 23.5. The van der Waals surface area contributed by atoms with Crippen LogP contribution in [-0.4, -0.2) is 80.4 Å². The Balaban J connectivity index is 1.54. The molecule has 0 spiro atoms. The average molecular weight is 593 g/mol. The third kappa shape index (κ3) is 7.89. The summed E-state index contributed by atoms with van der Waals surface area (Å²) in [7, 11) is 0. The van der Waals surface area contributed by atoms with Gasteiger partial charge in [0.1, 0.15) is 23.9 Å². The standard InChI is InChI=1S/C30H36N6O7/c31-21(11-12-26(32)38)29(41)36-13-3-6-25(36)28(40)34-23(15-18-16-33-22-5-2-1-4-20(18)22)27(39)35-24(30(42)43)14-17-7-9-19(37)10-8-17/h1-2,4-5,7-10,16,21,23-25,33,37H,3,6,11-15,31H2,(H2,32,38)(H,34,40)(H,35,39)(H,42,43). The number of aromatic nitrogens is 1. The van der Waals surface area contributed by atoms with E-state index in [2.05, 4.69) is 15.6 Å². The number of phenolic OH excluding ortho intramolecular Hbond substituents is 1. The number of carbonyl (C=O) groups excluding carboxylic acids is 4. The van der Waals surface area contributed by atoms with Crippen molar-refractivity contribution in [3.8, 4) is 5.75 Å². The number of carbonyl (C=O) groups is 5. The van der Waals surface area contributed by atoms with E-state index >= 15 is 0 Å². The molecule has 4 unspecified atom stereocenters. The fourth-order valence-corrected chi connectivity index (χ4v) is 5.28. The van der Waals surface area contributed by atoms with Crippen molar-refractivity contribution in [1.29, 1.82) is 0 Å². The Morgan fingerprint density at radius 3 is 2.42 bits per heavy atom. The largest absolute Gasteiger partial charge is 0.508 e. The van der Waals surface area contributed by atoms with Crippen molar-refractivity contribution < 1.29 is 34.2 Å². The van der Waals surface area contributed by atoms with Crippen molar-refractivity contribution in [3.63, 3.8) is 0 Å². The molecule has 1 fully saturated rings. The minimum absolute atomic E-state index is 0.0226. The van der Waals surface area contributed by atoms with Gasteiger partial charge < -0.3 is 42.2 Å². The van der Waals surface area contributed by atoms with E-state index in [1.54, 1.807) is 18.3 Å². The molecule has 0 saturated carbocycles. The van der Waals surface area contributed by atoms with Crippen molar-refractivity contribution in [1.82, 2.24) is 20.5 Å². The van der Waals surface area contributed by atoms with Crippen LogP contribution in [0.25, 0.3) is 10.9 Å². The first-order valence-electron chi connectivity index (χ1n) is 14.0. The minimum atomic E-state index is -1.31. The predicted molar refractivity (Wildman–Crippen MR) is 156 cm³/mol. The van der Waals surface area contributed by atoms with Crippen LogP contribution < -0.4 is 22.1 Å². The Morgan fingerprint density at radius 1 is 1.00 bits per heavy atom. The quantitative estimate of drug-likeness (QED) is 0.146. The smallest absolute Gasteiger partial charge is 0.326 e. The molecule has 3 aromatic rings. The predicted octanol–water partition coefficient (Wildman–Crippen LogP) is 0.297. The molecule has 2 aromatic carbocycles. The van der Waals surface area contributed by atoms with Crippen LogP contribution in [-0.2, 0) is 36.8 Å². The van der Waals surface area contributed by atoms with E-state index in [-0.39, 0.29) is 38.0 Å². The summed E-state index contributed by atoms with van der Waals surface area (Å²) in [5.41, 5.74) is 13.3. The number of hydrogen-bond acceptors (Lipinski definition) is 7. The minimum Gasteiger partial charge on any atom is -0.508 e. The summed E-state index contributed by atoms with van der Waals surface area (Å²) in [5, 5.41) is 25.5. The molecule has 0 bridgehead atoms. The number of nitrogens with zero attached hydrogens (tertiary/aromatic N) is 1. The Bertz CT molecular complexity index is 1490. The second-order valence-corrected chi connectivity index (χ2v) is 10.7. The third-order valence-corrected chi connectivity index (χ3v) is 7.58. The van der Waals surface area contributed by atoms with E-state index in [9.17, 15) is 34.2 Å². The molecule has 4 amide bonds. The number of primary amides is 1. The number of nitrogens with two attached hydrogens (primary N) is 2. The lowest BCUT2D eigenvalue weighted by Crippen LogP contribution is -2.57. The first kappa shape index (κ1) is 31.0. The van der Waals surface area contributed by atoms with Crippen LogP contribution in [0.15, 0.2) is 54.7 Å². The van der Waals surface area contributed by atoms with Crippen molar-refractivity contribution in [2.24, 2.45) is 11.5 Å². The van der Waals surface area contributed by atoms with Crippen LogP contribution in [0.3, 0.4) is 0 Å². The molecule has 9 N–H and O–H groups in total. The van der Waals surface area contributed by atoms with Gasteiger partial charge in [0.2, 0.25) is 23.6 Å². The first-order chi connectivity index (χ1) is 20.5. The number of aromatic hydroxyl groups is 1. The molecule has 1 saturated heterocycles. The number of H-pyrrole nitrogens is 1. The zero-order valence-corrected chi connectivity index (χ0v) is 23.5. The second-order valence-electron chi connectivity index (χ2n) is 10.7. The number of carboxylic acids is 1. The van der Waals surface area contributed by atoms with E-state index < -0.39 is 53.8 Å². The van der Waals surface area contributed by atoms with Gasteiger partial charge in [0.25, 0.3) is 0 Å². The van der Waals surface area contributed by atoms with Gasteiger partial charge in [-0.3, -0.25) is 19.2 Å². The summed E-state index contributed by atoms with van der Waals surface area (Å²) in [6.45, 7) is 0.286. The number of amides is 4. The van der Waals surface area contributed by atoms with E-state index in [0.717, 1.165) is 16.5 Å². The third-order valence-electron chi connectivity index (χ3n) is 7.58. The van der Waals surface area contributed by atoms with Crippen molar-refractivity contribution in [3.05, 3.63) is 65.9 Å². The van der Waals surface area contributed by atoms with E-state index in [4.69, 9.17) is 11.5 Å². The highest BCUT2D eigenvalue weighted by Crippen LogP contribution is 2.22. The van der Waals surface area contributed by atoms with E-state index in [1.165, 1.54) is 17.0 Å². The van der Waals surface area contributed by atoms with Crippen LogP contribution >= 0.6 is 0 Å². The number of likely N-dealkylation sites (tertiary alicyclic amines) is 1. The number of benzene rings is 2. The maximum atomic E-state index is 13.6. The Hall–Kier alpha value is -4.91. The fraction of sp³-hybridized carbons (Fsp3) is 0.367. The number of phenols is 1. The van der Waals surface area contributed by atoms with Gasteiger partial charge in [-0.25, -0.2) is 4.79 Å². The number of aliphatic carboxylic acids is 1. The molecule has 13 nitrogen and oxygen atoms in total. The van der Waals surface area contributed by atoms with Crippen molar-refractivity contribution in [2.45, 2.75) is 62.7 Å². The Labute approximate surface area is 247 Å². The molecule has 43 heavy (non-hydrogen) atoms. The monoisotopic (exact) mass is 592 g/mol. The van der Waals surface area contributed by atoms with Gasteiger partial charge in [0.15, 0.2) is 0 Å². The molecule has 1 aliphatic rings. The van der Waals surface area contributed by atoms with Gasteiger partial charge in [-0.1, -0.05) is 30.3 Å². The van der Waals surface area contributed by atoms with Gasteiger partial charge >= 0.3 is 5.97 Å². The molecule has 2 heterocycles. The maximum Gasteiger partial charge on any atom is 0.326 e. The highest BCUT2D eigenvalue weighted by atomic mass is 16.4. The summed E-state index contributed by atoms with van der Waals surface area (Å²) >= 11 is 0. The zero-order chi connectivity index (χ0) is 31.1. The van der Waals surface area contributed by atoms with Crippen LogP contribution in [0.2, 0.25) is 0 Å². The Kier molecular flexibility index (Phi) is 9.99. The van der Waals surface area contributed by atoms with Gasteiger partial charge in [-0.05, 0) is 48.6 Å². The molecule has 1 aromatic heterocycles. The van der Waals surface area contributed by atoms with Crippen LogP contribution in [0.5, 0.6) is 5.75 Å². The molecule has 4 rings (SSSR count). The SMILES string of the molecule is NC(=O)CCC(N)C(=O)N1CCCC1C(=O)NC(Cc1c[nH]c2ccccc12)C(=O)NC(Cc1ccc(O)cc1)C(=O)O. The van der Waals surface area contributed by atoms with E-state index in [0.29, 0.717) is 18.4 Å². The van der Waals surface area contributed by atoms with Crippen molar-refractivity contribution in [2.75, 3.05) is 6.54 Å². The average Bonchev–Trinajstić information content (AvgIpc) is 3.63.